The van der Waals surface area contributed by atoms with Crippen molar-refractivity contribution in [3.63, 3.8) is 0 Å². The van der Waals surface area contributed by atoms with Crippen LogP contribution in [-0.2, 0) is 0 Å². The van der Waals surface area contributed by atoms with Gasteiger partial charge in [0.1, 0.15) is 0 Å². The van der Waals surface area contributed by atoms with Crippen LogP contribution in [0, 0.1) is 11.8 Å². The monoisotopic (exact) mass is 328 g/mol. The second kappa shape index (κ2) is 7.33. The van der Waals surface area contributed by atoms with Crippen molar-refractivity contribution in [3.05, 3.63) is 83.4 Å². The summed E-state index contributed by atoms with van der Waals surface area (Å²) in [6.45, 7) is 0.236. The lowest BCUT2D eigenvalue weighted by Crippen LogP contribution is -2.23. The number of hydrogen-bond donors (Lipinski definition) is 2. The average Bonchev–Trinajstić information content (AvgIpc) is 2.65. The van der Waals surface area contributed by atoms with Crippen molar-refractivity contribution >= 4 is 22.6 Å². The maximum Gasteiger partial charge on any atom is 0.252 e. The largest absolute Gasteiger partial charge is 0.366 e. The first kappa shape index (κ1) is 16.3. The lowest BCUT2D eigenvalue weighted by atomic mass is 10.0. The Hall–Kier alpha value is -3.58. The second-order valence-electron chi connectivity index (χ2n) is 5.45. The molecule has 4 heteroatoms. The molecular weight excluding hydrogens is 312 g/mol. The maximum absolute atomic E-state index is 12.4. The van der Waals surface area contributed by atoms with Gasteiger partial charge in [0.25, 0.3) is 5.91 Å². The van der Waals surface area contributed by atoms with E-state index in [4.69, 9.17) is 5.73 Å². The summed E-state index contributed by atoms with van der Waals surface area (Å²) in [5.74, 6) is 5.21. The van der Waals surface area contributed by atoms with Gasteiger partial charge < -0.3 is 11.1 Å². The Morgan fingerprint density at radius 3 is 2.40 bits per heavy atom. The number of nitrogens with two attached hydrogens (primary N) is 1. The lowest BCUT2D eigenvalue weighted by Gasteiger charge is -2.05. The number of amides is 2. The Morgan fingerprint density at radius 1 is 0.920 bits per heavy atom. The molecular formula is C21H16N2O2. The van der Waals surface area contributed by atoms with E-state index >= 15 is 0 Å². The minimum absolute atomic E-state index is 0.157. The third-order valence-electron chi connectivity index (χ3n) is 3.77. The fraction of sp³-hybridized carbons (Fsp3) is 0.0476. The molecule has 0 aliphatic rings. The van der Waals surface area contributed by atoms with E-state index in [1.54, 1.807) is 30.3 Å². The number of rotatable bonds is 3. The van der Waals surface area contributed by atoms with Crippen molar-refractivity contribution in [2.75, 3.05) is 6.54 Å². The molecule has 0 saturated heterocycles. The molecule has 0 saturated carbocycles. The van der Waals surface area contributed by atoms with E-state index in [1.165, 1.54) is 0 Å². The highest BCUT2D eigenvalue weighted by Gasteiger charge is 2.08. The number of nitrogens with one attached hydrogen (secondary N) is 1. The Morgan fingerprint density at radius 2 is 1.64 bits per heavy atom. The molecule has 0 bridgehead atoms. The molecule has 25 heavy (non-hydrogen) atoms. The summed E-state index contributed by atoms with van der Waals surface area (Å²) in [4.78, 5) is 23.4. The van der Waals surface area contributed by atoms with Crippen LogP contribution < -0.4 is 11.1 Å². The van der Waals surface area contributed by atoms with Crippen LogP contribution in [0.5, 0.6) is 0 Å². The number of hydrogen-bond acceptors (Lipinski definition) is 2. The van der Waals surface area contributed by atoms with Crippen LogP contribution in [0.4, 0.5) is 0 Å². The van der Waals surface area contributed by atoms with Crippen molar-refractivity contribution in [2.24, 2.45) is 5.73 Å². The molecule has 4 nitrogen and oxygen atoms in total. The number of primary amides is 1. The van der Waals surface area contributed by atoms with E-state index < -0.39 is 5.91 Å². The van der Waals surface area contributed by atoms with Crippen LogP contribution in [0.2, 0.25) is 0 Å². The van der Waals surface area contributed by atoms with E-state index in [-0.39, 0.29) is 12.5 Å². The molecule has 0 aliphatic heterocycles. The Kier molecular flexibility index (Phi) is 4.77. The number of fused-ring (bicyclic) bond motifs is 1. The third-order valence-corrected chi connectivity index (χ3v) is 3.77. The van der Waals surface area contributed by atoms with Gasteiger partial charge in [0, 0.05) is 16.7 Å². The smallest absolute Gasteiger partial charge is 0.252 e. The topological polar surface area (TPSA) is 72.2 Å². The summed E-state index contributed by atoms with van der Waals surface area (Å²) in [5.41, 5.74) is 7.02. The first-order valence-electron chi connectivity index (χ1n) is 7.80. The van der Waals surface area contributed by atoms with Gasteiger partial charge >= 0.3 is 0 Å². The van der Waals surface area contributed by atoms with E-state index in [2.05, 4.69) is 17.2 Å². The predicted octanol–water partition coefficient (Wildman–Crippen LogP) is 2.72. The van der Waals surface area contributed by atoms with Crippen LogP contribution in [-0.4, -0.2) is 18.4 Å². The van der Waals surface area contributed by atoms with Crippen molar-refractivity contribution in [1.29, 1.82) is 0 Å². The fourth-order valence-electron chi connectivity index (χ4n) is 2.51. The Bertz CT molecular complexity index is 990. The highest BCUT2D eigenvalue weighted by molar-refractivity contribution is 6.07. The molecule has 2 amide bonds. The Labute approximate surface area is 145 Å². The van der Waals surface area contributed by atoms with Gasteiger partial charge in [0.2, 0.25) is 5.91 Å². The van der Waals surface area contributed by atoms with Gasteiger partial charge in [-0.15, -0.1) is 0 Å². The molecule has 3 rings (SSSR count). The van der Waals surface area contributed by atoms with Gasteiger partial charge in [-0.1, -0.05) is 48.2 Å². The lowest BCUT2D eigenvalue weighted by molar-refractivity contribution is 0.0958. The zero-order chi connectivity index (χ0) is 17.6. The quantitative estimate of drug-likeness (QED) is 0.726. The zero-order valence-corrected chi connectivity index (χ0v) is 13.5. The first-order valence-corrected chi connectivity index (χ1v) is 7.80. The number of carbonyl (C=O) groups is 2. The van der Waals surface area contributed by atoms with Crippen molar-refractivity contribution < 1.29 is 9.59 Å². The van der Waals surface area contributed by atoms with Crippen LogP contribution in [0.1, 0.15) is 26.3 Å². The molecule has 3 N–H and O–H groups in total. The van der Waals surface area contributed by atoms with Gasteiger partial charge in [0.05, 0.1) is 6.54 Å². The zero-order valence-electron chi connectivity index (χ0n) is 13.5. The minimum atomic E-state index is -0.470. The summed E-state index contributed by atoms with van der Waals surface area (Å²) in [5, 5.41) is 4.74. The Balaban J connectivity index is 1.66. The summed E-state index contributed by atoms with van der Waals surface area (Å²) >= 11 is 0. The SMILES string of the molecule is NC(=O)c1ccc(C#CCNC(=O)c2cccc3ccccc23)cc1. The van der Waals surface area contributed by atoms with Gasteiger partial charge in [-0.05, 0) is 41.1 Å². The van der Waals surface area contributed by atoms with Crippen LogP contribution in [0.25, 0.3) is 10.8 Å². The molecule has 3 aromatic carbocycles. The van der Waals surface area contributed by atoms with Gasteiger partial charge in [-0.25, -0.2) is 0 Å². The molecule has 0 aromatic heterocycles. The van der Waals surface area contributed by atoms with Crippen LogP contribution in [0.3, 0.4) is 0 Å². The standard InChI is InChI=1S/C21H16N2O2/c22-20(24)17-12-10-15(11-13-17)5-4-14-23-21(25)19-9-3-7-16-6-1-2-8-18(16)19/h1-3,6-13H,14H2,(H2,22,24)(H,23,25). The van der Waals surface area contributed by atoms with Crippen molar-refractivity contribution in [1.82, 2.24) is 5.32 Å². The predicted molar refractivity (Wildman–Crippen MR) is 98.1 cm³/mol. The molecule has 0 aliphatic carbocycles. The number of benzene rings is 3. The molecule has 0 fully saturated rings. The normalized spacial score (nSPS) is 9.92. The fourth-order valence-corrected chi connectivity index (χ4v) is 2.51. The summed E-state index contributed by atoms with van der Waals surface area (Å²) in [6.07, 6.45) is 0. The van der Waals surface area contributed by atoms with Gasteiger partial charge in [-0.2, -0.15) is 0 Å². The molecule has 0 heterocycles. The maximum atomic E-state index is 12.4. The minimum Gasteiger partial charge on any atom is -0.366 e. The second-order valence-corrected chi connectivity index (χ2v) is 5.45. The van der Waals surface area contributed by atoms with E-state index in [0.717, 1.165) is 16.3 Å². The van der Waals surface area contributed by atoms with E-state index in [0.29, 0.717) is 11.1 Å². The summed E-state index contributed by atoms with van der Waals surface area (Å²) in [6, 6.07) is 20.1. The van der Waals surface area contributed by atoms with Gasteiger partial charge in [-0.3, -0.25) is 9.59 Å². The molecule has 0 unspecified atom stereocenters. The van der Waals surface area contributed by atoms with Crippen molar-refractivity contribution in [3.8, 4) is 11.8 Å². The summed E-state index contributed by atoms with van der Waals surface area (Å²) < 4.78 is 0. The first-order chi connectivity index (χ1) is 12.1. The molecule has 122 valence electrons. The number of carbonyl (C=O) groups excluding carboxylic acids is 2. The van der Waals surface area contributed by atoms with E-state index in [9.17, 15) is 9.59 Å². The van der Waals surface area contributed by atoms with Gasteiger partial charge in [0.15, 0.2) is 0 Å². The summed E-state index contributed by atoms with van der Waals surface area (Å²) in [7, 11) is 0. The third kappa shape index (κ3) is 3.85. The van der Waals surface area contributed by atoms with Crippen LogP contribution >= 0.6 is 0 Å². The average molecular weight is 328 g/mol. The molecule has 3 aromatic rings. The molecule has 0 spiro atoms. The molecule has 0 radical (unpaired) electrons. The van der Waals surface area contributed by atoms with E-state index in [1.807, 2.05) is 36.4 Å². The van der Waals surface area contributed by atoms with Crippen LogP contribution in [0.15, 0.2) is 66.7 Å². The molecule has 0 atom stereocenters. The van der Waals surface area contributed by atoms with Crippen molar-refractivity contribution in [2.45, 2.75) is 0 Å². The highest BCUT2D eigenvalue weighted by Crippen LogP contribution is 2.18. The highest BCUT2D eigenvalue weighted by atomic mass is 16.2.